The van der Waals surface area contributed by atoms with Gasteiger partial charge in [-0.2, -0.15) is 0 Å². The number of hydrogen-bond donors (Lipinski definition) is 3. The molecule has 106 valence electrons. The van der Waals surface area contributed by atoms with Crippen molar-refractivity contribution in [3.8, 4) is 0 Å². The molecule has 0 amide bonds. The summed E-state index contributed by atoms with van der Waals surface area (Å²) in [7, 11) is 1.58. The van der Waals surface area contributed by atoms with E-state index in [9.17, 15) is 9.90 Å². The first-order valence-electron chi connectivity index (χ1n) is 6.15. The number of anilines is 1. The van der Waals surface area contributed by atoms with Gasteiger partial charge >= 0.3 is 5.97 Å². The summed E-state index contributed by atoms with van der Waals surface area (Å²) in [6, 6.07) is 5.15. The number of rotatable bonds is 7. The topological polar surface area (TPSA) is 78.8 Å². The van der Waals surface area contributed by atoms with Crippen molar-refractivity contribution in [3.63, 3.8) is 0 Å². The first kappa shape index (κ1) is 15.5. The standard InChI is InChI=1S/C14H21NO4/c1-10-4-5-12(11(8-10)13(16)17)15-9-14(2,18)6-7-19-3/h4-5,8,15,18H,6-7,9H2,1-3H3,(H,16,17). The van der Waals surface area contributed by atoms with Crippen LogP contribution in [-0.4, -0.2) is 42.0 Å². The van der Waals surface area contributed by atoms with Gasteiger partial charge in [-0.3, -0.25) is 0 Å². The molecule has 1 aromatic rings. The van der Waals surface area contributed by atoms with E-state index in [-0.39, 0.29) is 12.1 Å². The lowest BCUT2D eigenvalue weighted by Crippen LogP contribution is -2.35. The van der Waals surface area contributed by atoms with Crippen LogP contribution in [-0.2, 0) is 4.74 Å². The third-order valence-corrected chi connectivity index (χ3v) is 2.91. The fourth-order valence-electron chi connectivity index (χ4n) is 1.69. The van der Waals surface area contributed by atoms with E-state index >= 15 is 0 Å². The second kappa shape index (κ2) is 6.54. The van der Waals surface area contributed by atoms with Crippen LogP contribution in [0.15, 0.2) is 18.2 Å². The van der Waals surface area contributed by atoms with Gasteiger partial charge in [-0.25, -0.2) is 4.79 Å². The Hall–Kier alpha value is -1.59. The monoisotopic (exact) mass is 267 g/mol. The fourth-order valence-corrected chi connectivity index (χ4v) is 1.69. The zero-order valence-corrected chi connectivity index (χ0v) is 11.6. The quantitative estimate of drug-likeness (QED) is 0.703. The van der Waals surface area contributed by atoms with Gasteiger partial charge in [0.2, 0.25) is 0 Å². The van der Waals surface area contributed by atoms with Crippen LogP contribution in [0, 0.1) is 6.92 Å². The average Bonchev–Trinajstić information content (AvgIpc) is 2.35. The number of carboxylic acids is 1. The maximum Gasteiger partial charge on any atom is 0.337 e. The van der Waals surface area contributed by atoms with Crippen LogP contribution in [0.1, 0.15) is 29.3 Å². The number of benzene rings is 1. The zero-order valence-electron chi connectivity index (χ0n) is 11.6. The Morgan fingerprint density at radius 1 is 1.47 bits per heavy atom. The number of aromatic carboxylic acids is 1. The first-order chi connectivity index (χ1) is 8.85. The van der Waals surface area contributed by atoms with E-state index in [1.54, 1.807) is 26.2 Å². The van der Waals surface area contributed by atoms with Crippen molar-refractivity contribution >= 4 is 11.7 Å². The lowest BCUT2D eigenvalue weighted by atomic mass is 10.0. The molecule has 3 N–H and O–H groups in total. The lowest BCUT2D eigenvalue weighted by Gasteiger charge is -2.24. The molecule has 1 rings (SSSR count). The van der Waals surface area contributed by atoms with Gasteiger partial charge in [0.05, 0.1) is 11.2 Å². The van der Waals surface area contributed by atoms with Gasteiger partial charge in [0.25, 0.3) is 0 Å². The molecule has 0 heterocycles. The molecule has 0 aliphatic carbocycles. The Balaban J connectivity index is 2.75. The number of aryl methyl sites for hydroxylation is 1. The molecule has 1 aromatic carbocycles. The van der Waals surface area contributed by atoms with Crippen molar-refractivity contribution in [3.05, 3.63) is 29.3 Å². The van der Waals surface area contributed by atoms with Gasteiger partial charge in [0, 0.05) is 32.4 Å². The molecule has 5 nitrogen and oxygen atoms in total. The first-order valence-corrected chi connectivity index (χ1v) is 6.15. The highest BCUT2D eigenvalue weighted by Crippen LogP contribution is 2.19. The number of ether oxygens (including phenoxy) is 1. The molecular weight excluding hydrogens is 246 g/mol. The minimum Gasteiger partial charge on any atom is -0.478 e. The lowest BCUT2D eigenvalue weighted by molar-refractivity contribution is 0.0356. The Kier molecular flexibility index (Phi) is 5.32. The van der Waals surface area contributed by atoms with Gasteiger partial charge in [-0.05, 0) is 26.0 Å². The van der Waals surface area contributed by atoms with Crippen LogP contribution in [0.3, 0.4) is 0 Å². The minimum atomic E-state index is -0.984. The van der Waals surface area contributed by atoms with E-state index in [2.05, 4.69) is 5.32 Å². The highest BCUT2D eigenvalue weighted by atomic mass is 16.5. The molecule has 0 saturated heterocycles. The van der Waals surface area contributed by atoms with E-state index in [1.165, 1.54) is 0 Å². The minimum absolute atomic E-state index is 0.211. The second-order valence-electron chi connectivity index (χ2n) is 4.95. The van der Waals surface area contributed by atoms with E-state index < -0.39 is 11.6 Å². The van der Waals surface area contributed by atoms with Crippen LogP contribution in [0.4, 0.5) is 5.69 Å². The van der Waals surface area contributed by atoms with Gasteiger partial charge in [0.1, 0.15) is 0 Å². The fraction of sp³-hybridized carbons (Fsp3) is 0.500. The number of nitrogens with one attached hydrogen (secondary N) is 1. The largest absolute Gasteiger partial charge is 0.478 e. The maximum absolute atomic E-state index is 11.1. The molecular formula is C14H21NO4. The molecule has 0 aromatic heterocycles. The molecule has 1 unspecified atom stereocenters. The maximum atomic E-state index is 11.1. The van der Waals surface area contributed by atoms with Crippen LogP contribution in [0.2, 0.25) is 0 Å². The molecule has 0 bridgehead atoms. The van der Waals surface area contributed by atoms with Crippen LogP contribution >= 0.6 is 0 Å². The molecule has 1 atom stereocenters. The predicted octanol–water partition coefficient (Wildman–Crippen LogP) is 1.89. The Morgan fingerprint density at radius 3 is 2.74 bits per heavy atom. The van der Waals surface area contributed by atoms with E-state index in [4.69, 9.17) is 9.84 Å². The third-order valence-electron chi connectivity index (χ3n) is 2.91. The summed E-state index contributed by atoms with van der Waals surface area (Å²) in [6.45, 7) is 4.24. The molecule has 0 fully saturated rings. The van der Waals surface area contributed by atoms with E-state index in [0.717, 1.165) is 5.56 Å². The summed E-state index contributed by atoms with van der Waals surface area (Å²) < 4.78 is 4.93. The molecule has 19 heavy (non-hydrogen) atoms. The summed E-state index contributed by atoms with van der Waals surface area (Å²) in [6.07, 6.45) is 0.477. The normalized spacial score (nSPS) is 13.9. The Labute approximate surface area is 113 Å². The number of methoxy groups -OCH3 is 1. The van der Waals surface area contributed by atoms with Crippen LogP contribution in [0.5, 0.6) is 0 Å². The number of carboxylic acid groups (broad SMARTS) is 1. The summed E-state index contributed by atoms with van der Waals surface area (Å²) in [5.41, 5.74) is 0.656. The summed E-state index contributed by atoms with van der Waals surface area (Å²) in [4.78, 5) is 11.1. The predicted molar refractivity (Wildman–Crippen MR) is 73.7 cm³/mol. The highest BCUT2D eigenvalue weighted by Gasteiger charge is 2.20. The molecule has 0 radical (unpaired) electrons. The van der Waals surface area contributed by atoms with Gasteiger partial charge < -0.3 is 20.3 Å². The van der Waals surface area contributed by atoms with Crippen molar-refractivity contribution in [2.45, 2.75) is 25.9 Å². The second-order valence-corrected chi connectivity index (χ2v) is 4.95. The molecule has 0 saturated carbocycles. The van der Waals surface area contributed by atoms with Crippen molar-refractivity contribution in [1.82, 2.24) is 0 Å². The smallest absolute Gasteiger partial charge is 0.337 e. The molecule has 0 spiro atoms. The van der Waals surface area contributed by atoms with Crippen LogP contribution in [0.25, 0.3) is 0 Å². The third kappa shape index (κ3) is 4.89. The highest BCUT2D eigenvalue weighted by molar-refractivity contribution is 5.94. The van der Waals surface area contributed by atoms with E-state index in [1.807, 2.05) is 13.0 Å². The molecule has 0 aliphatic rings. The van der Waals surface area contributed by atoms with Crippen molar-refractivity contribution in [2.75, 3.05) is 25.6 Å². The zero-order chi connectivity index (χ0) is 14.5. The van der Waals surface area contributed by atoms with Gasteiger partial charge in [-0.15, -0.1) is 0 Å². The average molecular weight is 267 g/mol. The Bertz CT molecular complexity index is 443. The number of hydrogen-bond acceptors (Lipinski definition) is 4. The van der Waals surface area contributed by atoms with Crippen molar-refractivity contribution < 1.29 is 19.7 Å². The van der Waals surface area contributed by atoms with Gasteiger partial charge in [0.15, 0.2) is 0 Å². The Morgan fingerprint density at radius 2 is 2.16 bits per heavy atom. The summed E-state index contributed by atoms with van der Waals surface area (Å²) in [5, 5.41) is 22.2. The summed E-state index contributed by atoms with van der Waals surface area (Å²) in [5.74, 6) is -0.984. The molecule has 5 heteroatoms. The number of aliphatic hydroxyl groups is 1. The van der Waals surface area contributed by atoms with Crippen molar-refractivity contribution in [2.24, 2.45) is 0 Å². The SMILES string of the molecule is COCCC(C)(O)CNc1ccc(C)cc1C(=O)O. The molecule has 0 aliphatic heterocycles. The number of carbonyl (C=O) groups is 1. The van der Waals surface area contributed by atoms with Crippen LogP contribution < -0.4 is 5.32 Å². The van der Waals surface area contributed by atoms with E-state index in [0.29, 0.717) is 18.7 Å². The summed E-state index contributed by atoms with van der Waals surface area (Å²) >= 11 is 0. The van der Waals surface area contributed by atoms with Crippen molar-refractivity contribution in [1.29, 1.82) is 0 Å². The van der Waals surface area contributed by atoms with Gasteiger partial charge in [-0.1, -0.05) is 11.6 Å².